The third-order valence-electron chi connectivity index (χ3n) is 2.87. The van der Waals surface area contributed by atoms with Crippen molar-refractivity contribution in [2.24, 2.45) is 0 Å². The van der Waals surface area contributed by atoms with E-state index in [2.05, 4.69) is 0 Å². The second kappa shape index (κ2) is 6.25. The molecule has 0 N–H and O–H groups in total. The maximum absolute atomic E-state index is 12.4. The molecule has 0 atom stereocenters. The van der Waals surface area contributed by atoms with E-state index >= 15 is 0 Å². The molecule has 0 spiro atoms. The molecule has 2 aromatic carbocycles. The lowest BCUT2D eigenvalue weighted by atomic mass is 10.2. The van der Waals surface area contributed by atoms with Gasteiger partial charge in [0.25, 0.3) is 0 Å². The fourth-order valence-corrected chi connectivity index (χ4v) is 2.93. The standard InChI is InChI=1S/C16H13NO3S/c1-20-14-9-7-13(8-10-14)11-16(12-17)21(18,19)15-5-3-2-4-6-15/h2-11H,1H3. The lowest BCUT2D eigenvalue weighted by molar-refractivity contribution is 0.415. The zero-order chi connectivity index (χ0) is 15.3. The van der Waals surface area contributed by atoms with Gasteiger partial charge in [-0.3, -0.25) is 0 Å². The number of nitrogens with zero attached hydrogens (tertiary/aromatic N) is 1. The molecule has 106 valence electrons. The molecule has 0 heterocycles. The van der Waals surface area contributed by atoms with Gasteiger partial charge < -0.3 is 4.74 Å². The highest BCUT2D eigenvalue weighted by atomic mass is 32.2. The van der Waals surface area contributed by atoms with E-state index in [9.17, 15) is 8.42 Å². The molecule has 0 aliphatic heterocycles. The van der Waals surface area contributed by atoms with Crippen molar-refractivity contribution >= 4 is 15.9 Å². The van der Waals surface area contributed by atoms with Crippen LogP contribution in [0.4, 0.5) is 0 Å². The van der Waals surface area contributed by atoms with E-state index in [1.807, 2.05) is 0 Å². The van der Waals surface area contributed by atoms with Crippen molar-refractivity contribution in [2.45, 2.75) is 4.90 Å². The minimum atomic E-state index is -3.80. The summed E-state index contributed by atoms with van der Waals surface area (Å²) in [4.78, 5) is -0.190. The fraction of sp³-hybridized carbons (Fsp3) is 0.0625. The summed E-state index contributed by atoms with van der Waals surface area (Å²) in [7, 11) is -2.25. The molecule has 5 heteroatoms. The van der Waals surface area contributed by atoms with E-state index in [-0.39, 0.29) is 9.80 Å². The van der Waals surface area contributed by atoms with Gasteiger partial charge >= 0.3 is 0 Å². The number of methoxy groups -OCH3 is 1. The molecule has 21 heavy (non-hydrogen) atoms. The van der Waals surface area contributed by atoms with Crippen LogP contribution in [0.3, 0.4) is 0 Å². The van der Waals surface area contributed by atoms with Crippen molar-refractivity contribution in [3.05, 3.63) is 65.1 Å². The molecule has 2 rings (SSSR count). The van der Waals surface area contributed by atoms with Gasteiger partial charge in [-0.25, -0.2) is 8.42 Å². The Bertz CT molecular complexity index is 786. The molecule has 0 fully saturated rings. The summed E-state index contributed by atoms with van der Waals surface area (Å²) >= 11 is 0. The maximum atomic E-state index is 12.4. The summed E-state index contributed by atoms with van der Waals surface area (Å²) in [5.74, 6) is 0.663. The third-order valence-corrected chi connectivity index (χ3v) is 4.55. The molecular weight excluding hydrogens is 286 g/mol. The minimum Gasteiger partial charge on any atom is -0.497 e. The summed E-state index contributed by atoms with van der Waals surface area (Å²) in [5.41, 5.74) is 0.617. The van der Waals surface area contributed by atoms with Gasteiger partial charge in [0.1, 0.15) is 16.7 Å². The Morgan fingerprint density at radius 1 is 1.10 bits per heavy atom. The lowest BCUT2D eigenvalue weighted by Crippen LogP contribution is -2.03. The summed E-state index contributed by atoms with van der Waals surface area (Å²) in [5, 5.41) is 9.16. The molecule has 0 bridgehead atoms. The molecule has 0 aliphatic rings. The van der Waals surface area contributed by atoms with Crippen LogP contribution in [0.5, 0.6) is 5.75 Å². The van der Waals surface area contributed by atoms with E-state index in [4.69, 9.17) is 10.00 Å². The van der Waals surface area contributed by atoms with Crippen molar-refractivity contribution in [1.29, 1.82) is 5.26 Å². The van der Waals surface area contributed by atoms with Crippen molar-refractivity contribution in [2.75, 3.05) is 7.11 Å². The first-order chi connectivity index (χ1) is 10.1. The van der Waals surface area contributed by atoms with Crippen molar-refractivity contribution in [1.82, 2.24) is 0 Å². The topological polar surface area (TPSA) is 67.2 Å². The van der Waals surface area contributed by atoms with Crippen molar-refractivity contribution in [3.63, 3.8) is 0 Å². The first-order valence-electron chi connectivity index (χ1n) is 6.14. The lowest BCUT2D eigenvalue weighted by Gasteiger charge is -2.03. The summed E-state index contributed by atoms with van der Waals surface area (Å²) in [6.07, 6.45) is 1.35. The molecule has 0 unspecified atom stereocenters. The van der Waals surface area contributed by atoms with Gasteiger partial charge in [0.2, 0.25) is 9.84 Å². The molecule has 0 aliphatic carbocycles. The minimum absolute atomic E-state index is 0.103. The highest BCUT2D eigenvalue weighted by molar-refractivity contribution is 7.95. The third kappa shape index (κ3) is 3.30. The molecule has 4 nitrogen and oxygen atoms in total. The predicted molar refractivity (Wildman–Crippen MR) is 80.2 cm³/mol. The first-order valence-corrected chi connectivity index (χ1v) is 7.62. The Labute approximate surface area is 123 Å². The number of allylic oxidation sites excluding steroid dienone is 1. The van der Waals surface area contributed by atoms with Gasteiger partial charge in [-0.2, -0.15) is 5.26 Å². The Hall–Kier alpha value is -2.58. The van der Waals surface area contributed by atoms with Crippen LogP contribution in [-0.2, 0) is 9.84 Å². The summed E-state index contributed by atoms with van der Waals surface area (Å²) in [6, 6.07) is 16.4. The first kappa shape index (κ1) is 14.8. The Kier molecular flexibility index (Phi) is 4.41. The monoisotopic (exact) mass is 299 g/mol. The molecule has 0 amide bonds. The smallest absolute Gasteiger partial charge is 0.216 e. The van der Waals surface area contributed by atoms with Gasteiger partial charge in [-0.15, -0.1) is 0 Å². The molecule has 0 aromatic heterocycles. The number of sulfone groups is 1. The molecule has 0 radical (unpaired) electrons. The van der Waals surface area contributed by atoms with Crippen LogP contribution in [0.2, 0.25) is 0 Å². The number of rotatable bonds is 4. The van der Waals surface area contributed by atoms with E-state index in [1.165, 1.54) is 18.2 Å². The molecular formula is C16H13NO3S. The van der Waals surface area contributed by atoms with E-state index in [1.54, 1.807) is 55.6 Å². The average molecular weight is 299 g/mol. The SMILES string of the molecule is COc1ccc(C=C(C#N)S(=O)(=O)c2ccccc2)cc1. The van der Waals surface area contributed by atoms with E-state index < -0.39 is 9.84 Å². The number of hydrogen-bond donors (Lipinski definition) is 0. The maximum Gasteiger partial charge on any atom is 0.216 e. The Morgan fingerprint density at radius 3 is 2.24 bits per heavy atom. The summed E-state index contributed by atoms with van der Waals surface area (Å²) in [6.45, 7) is 0. The van der Waals surface area contributed by atoms with Gasteiger partial charge in [-0.05, 0) is 35.9 Å². The van der Waals surface area contributed by atoms with Crippen LogP contribution >= 0.6 is 0 Å². The van der Waals surface area contributed by atoms with Crippen LogP contribution in [0, 0.1) is 11.3 Å². The predicted octanol–water partition coefficient (Wildman–Crippen LogP) is 3.03. The van der Waals surface area contributed by atoms with Crippen LogP contribution in [0.1, 0.15) is 5.56 Å². The zero-order valence-corrected chi connectivity index (χ0v) is 12.2. The number of ether oxygens (including phenoxy) is 1. The quantitative estimate of drug-likeness (QED) is 0.814. The van der Waals surface area contributed by atoms with Crippen molar-refractivity contribution < 1.29 is 13.2 Å². The Balaban J connectivity index is 2.44. The van der Waals surface area contributed by atoms with Gasteiger partial charge in [0.15, 0.2) is 0 Å². The normalized spacial score (nSPS) is 11.7. The Morgan fingerprint density at radius 2 is 1.71 bits per heavy atom. The number of nitriles is 1. The van der Waals surface area contributed by atoms with Crippen molar-refractivity contribution in [3.8, 4) is 11.8 Å². The molecule has 2 aromatic rings. The average Bonchev–Trinajstić information content (AvgIpc) is 2.53. The van der Waals surface area contributed by atoms with Crippen LogP contribution in [0.15, 0.2) is 64.4 Å². The highest BCUT2D eigenvalue weighted by Crippen LogP contribution is 2.21. The number of hydrogen-bond acceptors (Lipinski definition) is 4. The van der Waals surface area contributed by atoms with Crippen LogP contribution in [-0.4, -0.2) is 15.5 Å². The van der Waals surface area contributed by atoms with Crippen LogP contribution in [0.25, 0.3) is 6.08 Å². The second-order valence-electron chi connectivity index (χ2n) is 4.21. The van der Waals surface area contributed by atoms with E-state index in [0.717, 1.165) is 0 Å². The molecule has 0 saturated carbocycles. The molecule has 0 saturated heterocycles. The van der Waals surface area contributed by atoms with Gasteiger partial charge in [0.05, 0.1) is 12.0 Å². The van der Waals surface area contributed by atoms with Gasteiger partial charge in [-0.1, -0.05) is 30.3 Å². The fourth-order valence-electron chi connectivity index (χ4n) is 1.75. The zero-order valence-electron chi connectivity index (χ0n) is 11.4. The summed E-state index contributed by atoms with van der Waals surface area (Å²) < 4.78 is 29.8. The van der Waals surface area contributed by atoms with Crippen LogP contribution < -0.4 is 4.74 Å². The van der Waals surface area contributed by atoms with E-state index in [0.29, 0.717) is 11.3 Å². The number of benzene rings is 2. The van der Waals surface area contributed by atoms with Gasteiger partial charge in [0, 0.05) is 0 Å². The largest absolute Gasteiger partial charge is 0.497 e. The highest BCUT2D eigenvalue weighted by Gasteiger charge is 2.20. The second-order valence-corrected chi connectivity index (χ2v) is 6.13.